The molecule has 1 unspecified atom stereocenters. The van der Waals surface area contributed by atoms with Crippen molar-refractivity contribution in [2.45, 2.75) is 31.2 Å². The van der Waals surface area contributed by atoms with Crippen LogP contribution in [0.4, 0.5) is 10.8 Å². The highest BCUT2D eigenvalue weighted by Gasteiger charge is 2.30. The second kappa shape index (κ2) is 9.55. The molecule has 0 aliphatic rings. The molecular weight excluding hydrogens is 436 g/mol. The molecule has 0 saturated heterocycles. The summed E-state index contributed by atoms with van der Waals surface area (Å²) in [6.45, 7) is 5.30. The molecule has 0 saturated carbocycles. The van der Waals surface area contributed by atoms with Gasteiger partial charge in [0.1, 0.15) is 6.04 Å². The van der Waals surface area contributed by atoms with E-state index in [4.69, 9.17) is 0 Å². The molecule has 0 fully saturated rings. The lowest BCUT2D eigenvalue weighted by Gasteiger charge is -2.28. The van der Waals surface area contributed by atoms with E-state index in [1.165, 1.54) is 14.0 Å². The fourth-order valence-corrected chi connectivity index (χ4v) is 5.13. The Morgan fingerprint density at radius 2 is 1.97 bits per heavy atom. The molecule has 2 rings (SSSR count). The van der Waals surface area contributed by atoms with Crippen molar-refractivity contribution in [3.8, 4) is 0 Å². The van der Waals surface area contributed by atoms with Crippen LogP contribution in [0.15, 0.2) is 22.5 Å². The van der Waals surface area contributed by atoms with Gasteiger partial charge in [-0.2, -0.15) is 0 Å². The second-order valence-corrected chi connectivity index (χ2v) is 10.3. The molecule has 0 aliphatic carbocycles. The normalized spacial score (nSPS) is 12.3. The van der Waals surface area contributed by atoms with Crippen molar-refractivity contribution in [2.75, 3.05) is 28.7 Å². The average molecular weight is 459 g/mol. The lowest BCUT2D eigenvalue weighted by molar-refractivity contribution is -0.137. The monoisotopic (exact) mass is 458 g/mol. The van der Waals surface area contributed by atoms with E-state index in [0.717, 1.165) is 44.8 Å². The van der Waals surface area contributed by atoms with Crippen LogP contribution in [0, 0.1) is 13.8 Å². The molecule has 1 aromatic heterocycles. The van der Waals surface area contributed by atoms with Crippen LogP contribution < -0.4 is 9.62 Å². The Morgan fingerprint density at radius 3 is 2.55 bits per heavy atom. The lowest BCUT2D eigenvalue weighted by Crippen LogP contribution is -2.45. The summed E-state index contributed by atoms with van der Waals surface area (Å²) >= 11 is 2.22. The van der Waals surface area contributed by atoms with Gasteiger partial charge < -0.3 is 4.74 Å². The Balaban J connectivity index is 2.16. The first-order valence-electron chi connectivity index (χ1n) is 8.43. The first-order valence-corrected chi connectivity index (χ1v) is 12.1. The average Bonchev–Trinajstić information content (AvgIpc) is 3.08. The summed E-state index contributed by atoms with van der Waals surface area (Å²) in [6.07, 6.45) is 1.05. The number of anilines is 2. The summed E-state index contributed by atoms with van der Waals surface area (Å²) in [6, 6.07) is 4.19. The molecule has 2 aromatic rings. The van der Waals surface area contributed by atoms with Gasteiger partial charge in [0.15, 0.2) is 4.34 Å². The van der Waals surface area contributed by atoms with Crippen molar-refractivity contribution >= 4 is 55.8 Å². The lowest BCUT2D eigenvalue weighted by atomic mass is 10.1. The Hall–Kier alpha value is -2.18. The van der Waals surface area contributed by atoms with Crippen molar-refractivity contribution < 1.29 is 22.7 Å². The maximum absolute atomic E-state index is 12.7. The largest absolute Gasteiger partial charge is 0.468 e. The molecule has 1 atom stereocenters. The van der Waals surface area contributed by atoms with Gasteiger partial charge in [-0.25, -0.2) is 8.42 Å². The Bertz CT molecular complexity index is 1010. The third kappa shape index (κ3) is 6.15. The molecule has 1 amide bonds. The topological polar surface area (TPSA) is 119 Å². The summed E-state index contributed by atoms with van der Waals surface area (Å²) in [5.74, 6) is -0.875. The van der Waals surface area contributed by atoms with Crippen molar-refractivity contribution in [3.05, 3.63) is 29.3 Å². The molecule has 0 bridgehead atoms. The van der Waals surface area contributed by atoms with E-state index >= 15 is 0 Å². The SMILES string of the molecule is COC(=O)CSc1nnc(NC(=O)C(C)N(c2ccc(C)c(C)c2)S(C)(=O)=O)s1. The second-order valence-electron chi connectivity index (χ2n) is 6.23. The van der Waals surface area contributed by atoms with Crippen LogP contribution >= 0.6 is 23.1 Å². The number of nitrogens with one attached hydrogen (secondary N) is 1. The van der Waals surface area contributed by atoms with Crippen LogP contribution in [-0.2, 0) is 24.3 Å². The molecule has 1 N–H and O–H groups in total. The van der Waals surface area contributed by atoms with E-state index in [1.54, 1.807) is 12.1 Å². The number of rotatable bonds is 8. The number of amides is 1. The van der Waals surface area contributed by atoms with Crippen LogP contribution in [0.5, 0.6) is 0 Å². The number of benzene rings is 1. The number of hydrogen-bond donors (Lipinski definition) is 1. The molecule has 0 radical (unpaired) electrons. The molecule has 12 heteroatoms. The minimum Gasteiger partial charge on any atom is -0.468 e. The number of hydrogen-bond acceptors (Lipinski definition) is 9. The van der Waals surface area contributed by atoms with E-state index in [9.17, 15) is 18.0 Å². The molecule has 1 heterocycles. The summed E-state index contributed by atoms with van der Waals surface area (Å²) in [5, 5.41) is 10.5. The molecular formula is C17H22N4O5S3. The van der Waals surface area contributed by atoms with Crippen LogP contribution in [0.2, 0.25) is 0 Å². The molecule has 158 valence electrons. The van der Waals surface area contributed by atoms with Crippen molar-refractivity contribution in [1.82, 2.24) is 10.2 Å². The summed E-state index contributed by atoms with van der Waals surface area (Å²) < 4.78 is 30.9. The summed E-state index contributed by atoms with van der Waals surface area (Å²) in [4.78, 5) is 23.9. The minimum atomic E-state index is -3.72. The van der Waals surface area contributed by atoms with Crippen LogP contribution in [0.3, 0.4) is 0 Å². The van der Waals surface area contributed by atoms with Crippen molar-refractivity contribution in [2.24, 2.45) is 0 Å². The number of carbonyl (C=O) groups excluding carboxylic acids is 2. The van der Waals surface area contributed by atoms with E-state index < -0.39 is 27.9 Å². The van der Waals surface area contributed by atoms with Crippen molar-refractivity contribution in [1.29, 1.82) is 0 Å². The highest BCUT2D eigenvalue weighted by molar-refractivity contribution is 8.01. The number of methoxy groups -OCH3 is 1. The Labute approximate surface area is 177 Å². The fraction of sp³-hybridized carbons (Fsp3) is 0.412. The first kappa shape index (κ1) is 23.1. The number of sulfonamides is 1. The van der Waals surface area contributed by atoms with Gasteiger partial charge in [0.2, 0.25) is 21.1 Å². The number of carbonyl (C=O) groups is 2. The highest BCUT2D eigenvalue weighted by atomic mass is 32.2. The third-order valence-corrected chi connectivity index (χ3v) is 7.20. The van der Waals surface area contributed by atoms with Gasteiger partial charge >= 0.3 is 5.97 Å². The van der Waals surface area contributed by atoms with Crippen LogP contribution in [0.1, 0.15) is 18.1 Å². The number of aromatic nitrogens is 2. The quantitative estimate of drug-likeness (QED) is 0.363. The zero-order chi connectivity index (χ0) is 21.8. The van der Waals surface area contributed by atoms with E-state index in [-0.39, 0.29) is 10.9 Å². The third-order valence-electron chi connectivity index (χ3n) is 4.01. The molecule has 0 spiro atoms. The maximum atomic E-state index is 12.7. The van der Waals surface area contributed by atoms with Gasteiger partial charge in [0, 0.05) is 0 Å². The Kier molecular flexibility index (Phi) is 7.60. The summed E-state index contributed by atoms with van der Waals surface area (Å²) in [7, 11) is -2.42. The van der Waals surface area contributed by atoms with Gasteiger partial charge in [0.25, 0.3) is 0 Å². The molecule has 1 aromatic carbocycles. The maximum Gasteiger partial charge on any atom is 0.316 e. The van der Waals surface area contributed by atoms with Gasteiger partial charge in [-0.3, -0.25) is 19.2 Å². The van der Waals surface area contributed by atoms with E-state index in [1.807, 2.05) is 19.9 Å². The minimum absolute atomic E-state index is 0.0735. The zero-order valence-electron chi connectivity index (χ0n) is 16.6. The predicted octanol–water partition coefficient (Wildman–Crippen LogP) is 2.21. The number of aryl methyl sites for hydroxylation is 2. The number of thioether (sulfide) groups is 1. The smallest absolute Gasteiger partial charge is 0.316 e. The molecule has 29 heavy (non-hydrogen) atoms. The van der Waals surface area contributed by atoms with E-state index in [0.29, 0.717) is 10.0 Å². The van der Waals surface area contributed by atoms with Gasteiger partial charge in [0.05, 0.1) is 24.8 Å². The first-order chi connectivity index (χ1) is 13.5. The van der Waals surface area contributed by atoms with Gasteiger partial charge in [-0.05, 0) is 44.0 Å². The number of nitrogens with zero attached hydrogens (tertiary/aromatic N) is 3. The standard InChI is InChI=1S/C17H22N4O5S3/c1-10-6-7-13(8-11(10)2)21(29(5,24)25)12(3)15(23)18-16-19-20-17(28-16)27-9-14(22)26-4/h6-8,12H,9H2,1-5H3,(H,18,19,23). The highest BCUT2D eigenvalue weighted by Crippen LogP contribution is 2.27. The number of esters is 1. The van der Waals surface area contributed by atoms with Gasteiger partial charge in [-0.1, -0.05) is 29.2 Å². The summed E-state index contributed by atoms with van der Waals surface area (Å²) in [5.41, 5.74) is 2.34. The van der Waals surface area contributed by atoms with E-state index in [2.05, 4.69) is 20.3 Å². The zero-order valence-corrected chi connectivity index (χ0v) is 19.1. The van der Waals surface area contributed by atoms with Crippen LogP contribution in [0.25, 0.3) is 0 Å². The molecule has 9 nitrogen and oxygen atoms in total. The van der Waals surface area contributed by atoms with Crippen LogP contribution in [-0.4, -0.2) is 55.7 Å². The van der Waals surface area contributed by atoms with Gasteiger partial charge in [-0.15, -0.1) is 10.2 Å². The van der Waals surface area contributed by atoms with Crippen molar-refractivity contribution in [3.63, 3.8) is 0 Å². The predicted molar refractivity (Wildman–Crippen MR) is 114 cm³/mol. The number of ether oxygens (including phenoxy) is 1. The molecule has 0 aliphatic heterocycles. The fourth-order valence-electron chi connectivity index (χ4n) is 2.38. The Morgan fingerprint density at radius 1 is 1.28 bits per heavy atom.